The summed E-state index contributed by atoms with van der Waals surface area (Å²) in [6.45, 7) is 2.87. The summed E-state index contributed by atoms with van der Waals surface area (Å²) in [4.78, 5) is 40.5. The molecule has 0 spiro atoms. The van der Waals surface area contributed by atoms with Crippen LogP contribution in [0.3, 0.4) is 0 Å². The molecule has 2 amide bonds. The fourth-order valence-corrected chi connectivity index (χ4v) is 4.90. The number of hydrogen-bond acceptors (Lipinski definition) is 9. The number of hydrogen-bond donors (Lipinski definition) is 3. The minimum absolute atomic E-state index is 0.105. The van der Waals surface area contributed by atoms with Crippen LogP contribution in [0.2, 0.25) is 0 Å². The van der Waals surface area contributed by atoms with Gasteiger partial charge >= 0.3 is 0 Å². The average Bonchev–Trinajstić information content (AvgIpc) is 3.34. The van der Waals surface area contributed by atoms with E-state index in [9.17, 15) is 9.59 Å². The molecular weight excluding hydrogens is 454 g/mol. The maximum absolute atomic E-state index is 12.5. The summed E-state index contributed by atoms with van der Waals surface area (Å²) < 4.78 is 5.28. The molecule has 3 aromatic heterocycles. The molecule has 1 unspecified atom stereocenters. The predicted octanol–water partition coefficient (Wildman–Crippen LogP) is 1.68. The van der Waals surface area contributed by atoms with Crippen molar-refractivity contribution in [3.8, 4) is 5.88 Å². The minimum atomic E-state index is -0.259. The Bertz CT molecular complexity index is 1240. The monoisotopic (exact) mass is 479 g/mol. The fraction of sp³-hybridized carbons (Fsp3) is 0.348. The van der Waals surface area contributed by atoms with Crippen molar-refractivity contribution in [3.63, 3.8) is 0 Å². The van der Waals surface area contributed by atoms with Crippen LogP contribution in [0.5, 0.6) is 5.88 Å². The number of ether oxygens (including phenoxy) is 1. The molecule has 10 nitrogen and oxygen atoms in total. The Hall–Kier alpha value is -3.44. The third-order valence-electron chi connectivity index (χ3n) is 5.83. The lowest BCUT2D eigenvalue weighted by Crippen LogP contribution is -2.38. The Kier molecular flexibility index (Phi) is 6.45. The molecule has 5 rings (SSSR count). The van der Waals surface area contributed by atoms with E-state index < -0.39 is 0 Å². The fourth-order valence-electron chi connectivity index (χ4n) is 4.14. The molecule has 3 aromatic rings. The normalized spacial score (nSPS) is 17.4. The van der Waals surface area contributed by atoms with Crippen LogP contribution in [-0.4, -0.2) is 71.8 Å². The lowest BCUT2D eigenvalue weighted by Gasteiger charge is -2.20. The molecule has 0 radical (unpaired) electrons. The average molecular weight is 480 g/mol. The van der Waals surface area contributed by atoms with Gasteiger partial charge in [0.2, 0.25) is 11.8 Å². The number of amides is 2. The highest BCUT2D eigenvalue weighted by Gasteiger charge is 2.24. The summed E-state index contributed by atoms with van der Waals surface area (Å²) >= 11 is 1.42. The molecule has 2 aliphatic heterocycles. The highest BCUT2D eigenvalue weighted by atomic mass is 32.2. The van der Waals surface area contributed by atoms with E-state index in [1.165, 1.54) is 11.8 Å². The van der Waals surface area contributed by atoms with Crippen LogP contribution in [0.1, 0.15) is 16.9 Å². The number of carbonyl (C=O) groups is 2. The van der Waals surface area contributed by atoms with E-state index in [2.05, 4.69) is 35.8 Å². The van der Waals surface area contributed by atoms with Crippen molar-refractivity contribution >= 4 is 46.1 Å². The van der Waals surface area contributed by atoms with E-state index in [4.69, 9.17) is 4.74 Å². The number of anilines is 2. The molecule has 2 aliphatic rings. The van der Waals surface area contributed by atoms with Crippen molar-refractivity contribution in [1.29, 1.82) is 0 Å². The summed E-state index contributed by atoms with van der Waals surface area (Å²) in [5, 5.41) is 9.12. The molecule has 3 N–H and O–H groups in total. The zero-order valence-corrected chi connectivity index (χ0v) is 19.5. The second-order valence-corrected chi connectivity index (χ2v) is 9.09. The highest BCUT2D eigenvalue weighted by molar-refractivity contribution is 8.00. The summed E-state index contributed by atoms with van der Waals surface area (Å²) in [7, 11) is 1.61. The van der Waals surface area contributed by atoms with Crippen molar-refractivity contribution in [1.82, 2.24) is 25.6 Å². The van der Waals surface area contributed by atoms with E-state index >= 15 is 0 Å². The zero-order chi connectivity index (χ0) is 23.5. The van der Waals surface area contributed by atoms with E-state index in [-0.39, 0.29) is 11.8 Å². The van der Waals surface area contributed by atoms with Crippen LogP contribution in [-0.2, 0) is 4.79 Å². The number of pyridine rings is 3. The lowest BCUT2D eigenvalue weighted by atomic mass is 10.2. The summed E-state index contributed by atoms with van der Waals surface area (Å²) in [5.41, 5.74) is 3.01. The van der Waals surface area contributed by atoms with Gasteiger partial charge in [-0.2, -0.15) is 0 Å². The van der Waals surface area contributed by atoms with Gasteiger partial charge < -0.3 is 25.6 Å². The van der Waals surface area contributed by atoms with Crippen molar-refractivity contribution in [3.05, 3.63) is 42.2 Å². The van der Waals surface area contributed by atoms with Gasteiger partial charge in [0.25, 0.3) is 5.91 Å². The van der Waals surface area contributed by atoms with E-state index in [1.54, 1.807) is 19.4 Å². The van der Waals surface area contributed by atoms with E-state index in [1.807, 2.05) is 24.3 Å². The second-order valence-electron chi connectivity index (χ2n) is 8.07. The van der Waals surface area contributed by atoms with Crippen molar-refractivity contribution in [2.45, 2.75) is 17.4 Å². The first-order chi connectivity index (χ1) is 16.6. The number of fused-ring (bicyclic) bond motifs is 2. The lowest BCUT2D eigenvalue weighted by molar-refractivity contribution is -0.113. The first kappa shape index (κ1) is 22.4. The van der Waals surface area contributed by atoms with Crippen molar-refractivity contribution in [2.24, 2.45) is 0 Å². The molecular formula is C23H25N7O3S. The molecule has 0 aromatic carbocycles. The molecule has 1 atom stereocenters. The topological polar surface area (TPSA) is 121 Å². The van der Waals surface area contributed by atoms with Gasteiger partial charge in [0.1, 0.15) is 17.0 Å². The molecule has 11 heteroatoms. The first-order valence-electron chi connectivity index (χ1n) is 11.1. The second kappa shape index (κ2) is 9.82. The molecule has 1 fully saturated rings. The van der Waals surface area contributed by atoms with Crippen LogP contribution >= 0.6 is 11.8 Å². The number of nitrogens with one attached hydrogen (secondary N) is 3. The van der Waals surface area contributed by atoms with Gasteiger partial charge in [-0.15, -0.1) is 11.8 Å². The quantitative estimate of drug-likeness (QED) is 0.435. The summed E-state index contributed by atoms with van der Waals surface area (Å²) in [6.07, 6.45) is 2.80. The molecule has 5 heterocycles. The standard InChI is InChI=1S/C23H25N7O3S/c1-33-20-5-3-15-21(29-20)17(6-8-25-15)30-11-7-14(12-30)24-9-10-26-23(32)16-2-4-18-22(27-16)28-19(31)13-34-18/h2-6,8,14,24H,7,9-13H2,1H3,(H,26,32)(H,27,28,31). The smallest absolute Gasteiger partial charge is 0.270 e. The number of thioether (sulfide) groups is 1. The third-order valence-corrected chi connectivity index (χ3v) is 6.87. The Balaban J connectivity index is 1.12. The summed E-state index contributed by atoms with van der Waals surface area (Å²) in [5.74, 6) is 1.03. The van der Waals surface area contributed by atoms with Gasteiger partial charge in [-0.25, -0.2) is 9.97 Å². The van der Waals surface area contributed by atoms with Crippen molar-refractivity contribution in [2.75, 3.05) is 49.3 Å². The van der Waals surface area contributed by atoms with Gasteiger partial charge in [0, 0.05) is 44.5 Å². The number of rotatable bonds is 7. The number of carbonyl (C=O) groups excluding carboxylic acids is 2. The van der Waals surface area contributed by atoms with Crippen LogP contribution in [0.4, 0.5) is 11.5 Å². The van der Waals surface area contributed by atoms with Gasteiger partial charge in [-0.3, -0.25) is 14.6 Å². The summed E-state index contributed by atoms with van der Waals surface area (Å²) in [6, 6.07) is 9.53. The predicted molar refractivity (Wildman–Crippen MR) is 131 cm³/mol. The zero-order valence-electron chi connectivity index (χ0n) is 18.7. The number of nitrogens with zero attached hydrogens (tertiary/aromatic N) is 4. The Morgan fingerprint density at radius 2 is 2.15 bits per heavy atom. The highest BCUT2D eigenvalue weighted by Crippen LogP contribution is 2.30. The van der Waals surface area contributed by atoms with Crippen LogP contribution in [0.25, 0.3) is 11.0 Å². The number of aromatic nitrogens is 3. The van der Waals surface area contributed by atoms with Crippen LogP contribution in [0, 0.1) is 0 Å². The molecule has 0 bridgehead atoms. The molecule has 1 saturated heterocycles. The van der Waals surface area contributed by atoms with Gasteiger partial charge in [-0.05, 0) is 30.7 Å². The van der Waals surface area contributed by atoms with Gasteiger partial charge in [0.05, 0.1) is 29.0 Å². The minimum Gasteiger partial charge on any atom is -0.481 e. The van der Waals surface area contributed by atoms with Crippen LogP contribution in [0.15, 0.2) is 41.4 Å². The molecule has 34 heavy (non-hydrogen) atoms. The Morgan fingerprint density at radius 3 is 3.03 bits per heavy atom. The van der Waals surface area contributed by atoms with Crippen molar-refractivity contribution < 1.29 is 14.3 Å². The molecule has 0 aliphatic carbocycles. The maximum atomic E-state index is 12.5. The largest absolute Gasteiger partial charge is 0.481 e. The van der Waals surface area contributed by atoms with E-state index in [0.717, 1.165) is 41.1 Å². The SMILES string of the molecule is COc1ccc2nccc(N3CCC(NCCNC(=O)c4ccc5c(n4)NC(=O)CS5)C3)c2n1. The van der Waals surface area contributed by atoms with E-state index in [0.29, 0.717) is 42.3 Å². The molecule has 176 valence electrons. The first-order valence-corrected chi connectivity index (χ1v) is 12.1. The molecule has 0 saturated carbocycles. The number of methoxy groups -OCH3 is 1. The Labute approximate surface area is 200 Å². The Morgan fingerprint density at radius 1 is 1.24 bits per heavy atom. The van der Waals surface area contributed by atoms with Gasteiger partial charge in [-0.1, -0.05) is 0 Å². The third kappa shape index (κ3) is 4.75. The maximum Gasteiger partial charge on any atom is 0.270 e. The van der Waals surface area contributed by atoms with Gasteiger partial charge in [0.15, 0.2) is 0 Å². The van der Waals surface area contributed by atoms with Crippen LogP contribution < -0.4 is 25.6 Å².